The minimum absolute atomic E-state index is 0.0340. The van der Waals surface area contributed by atoms with E-state index in [1.165, 1.54) is 12.1 Å². The van der Waals surface area contributed by atoms with E-state index in [4.69, 9.17) is 9.84 Å². The number of carboxylic acid groups (broad SMARTS) is 1. The van der Waals surface area contributed by atoms with E-state index in [0.717, 1.165) is 4.47 Å². The molecule has 0 aliphatic carbocycles. The van der Waals surface area contributed by atoms with Crippen molar-refractivity contribution < 1.29 is 19.4 Å². The molecule has 0 saturated carbocycles. The van der Waals surface area contributed by atoms with E-state index in [-0.39, 0.29) is 17.9 Å². The maximum Gasteiger partial charge on any atom is 0.337 e. The van der Waals surface area contributed by atoms with Gasteiger partial charge in [-0.15, -0.1) is 0 Å². The number of benzene rings is 2. The van der Waals surface area contributed by atoms with Crippen LogP contribution in [0.25, 0.3) is 0 Å². The van der Waals surface area contributed by atoms with E-state index in [0.29, 0.717) is 5.75 Å². The van der Waals surface area contributed by atoms with Crippen molar-refractivity contribution in [1.82, 2.24) is 0 Å². The zero-order valence-corrected chi connectivity index (χ0v) is 12.5. The summed E-state index contributed by atoms with van der Waals surface area (Å²) in [6.45, 7) is -0.212. The van der Waals surface area contributed by atoms with E-state index in [1.807, 2.05) is 6.07 Å². The van der Waals surface area contributed by atoms with Gasteiger partial charge in [0.1, 0.15) is 5.75 Å². The van der Waals surface area contributed by atoms with Crippen LogP contribution in [0.2, 0.25) is 0 Å². The first-order valence-corrected chi connectivity index (χ1v) is 6.86. The van der Waals surface area contributed by atoms with Crippen molar-refractivity contribution in [3.05, 3.63) is 58.6 Å². The summed E-state index contributed by atoms with van der Waals surface area (Å²) < 4.78 is 6.10. The Morgan fingerprint density at radius 2 is 1.76 bits per heavy atom. The fraction of sp³-hybridized carbons (Fsp3) is 0.0667. The summed E-state index contributed by atoms with van der Waals surface area (Å²) in [6.07, 6.45) is 0. The summed E-state index contributed by atoms with van der Waals surface area (Å²) in [7, 11) is 0. The molecule has 0 aliphatic rings. The number of rotatable bonds is 5. The predicted octanol–water partition coefficient (Wildman–Crippen LogP) is 3.16. The van der Waals surface area contributed by atoms with Crippen molar-refractivity contribution in [2.75, 3.05) is 11.9 Å². The normalized spacial score (nSPS) is 9.95. The second-order valence-corrected chi connectivity index (χ2v) is 4.97. The van der Waals surface area contributed by atoms with Gasteiger partial charge in [0.15, 0.2) is 6.61 Å². The molecule has 0 aromatic heterocycles. The number of halogens is 1. The first-order chi connectivity index (χ1) is 10.1. The number of anilines is 1. The minimum Gasteiger partial charge on any atom is -0.483 e. The van der Waals surface area contributed by atoms with Gasteiger partial charge in [0, 0.05) is 0 Å². The lowest BCUT2D eigenvalue weighted by Crippen LogP contribution is -2.21. The average molecular weight is 350 g/mol. The first kappa shape index (κ1) is 15.1. The fourth-order valence-corrected chi connectivity index (χ4v) is 2.07. The lowest BCUT2D eigenvalue weighted by molar-refractivity contribution is -0.118. The predicted molar refractivity (Wildman–Crippen MR) is 81.7 cm³/mol. The molecule has 0 fully saturated rings. The molecule has 0 bridgehead atoms. The molecular formula is C15H12BrNO4. The van der Waals surface area contributed by atoms with Crippen LogP contribution in [-0.4, -0.2) is 23.6 Å². The molecular weight excluding hydrogens is 338 g/mol. The van der Waals surface area contributed by atoms with Crippen LogP contribution in [-0.2, 0) is 4.79 Å². The third-order valence-corrected chi connectivity index (χ3v) is 3.28. The third kappa shape index (κ3) is 4.06. The molecule has 0 atom stereocenters. The summed E-state index contributed by atoms with van der Waals surface area (Å²) in [5.41, 5.74) is 0.275. The van der Waals surface area contributed by atoms with Crippen LogP contribution in [0.15, 0.2) is 53.0 Å². The molecule has 5 nitrogen and oxygen atoms in total. The number of ether oxygens (including phenoxy) is 1. The van der Waals surface area contributed by atoms with Gasteiger partial charge in [-0.3, -0.25) is 4.79 Å². The zero-order chi connectivity index (χ0) is 15.2. The Kier molecular flexibility index (Phi) is 4.94. The van der Waals surface area contributed by atoms with Crippen molar-refractivity contribution in [1.29, 1.82) is 0 Å². The maximum absolute atomic E-state index is 11.8. The lowest BCUT2D eigenvalue weighted by Gasteiger charge is -2.10. The molecule has 108 valence electrons. The molecule has 2 aromatic carbocycles. The van der Waals surface area contributed by atoms with E-state index in [2.05, 4.69) is 21.2 Å². The van der Waals surface area contributed by atoms with Crippen molar-refractivity contribution in [3.63, 3.8) is 0 Å². The third-order valence-electron chi connectivity index (χ3n) is 2.63. The van der Waals surface area contributed by atoms with E-state index in [9.17, 15) is 9.59 Å². The topological polar surface area (TPSA) is 75.6 Å². The van der Waals surface area contributed by atoms with Crippen LogP contribution in [0, 0.1) is 0 Å². The molecule has 0 aliphatic heterocycles. The number of carbonyl (C=O) groups is 2. The zero-order valence-electron chi connectivity index (χ0n) is 10.9. The van der Waals surface area contributed by atoms with Gasteiger partial charge in [0.2, 0.25) is 0 Å². The summed E-state index contributed by atoms with van der Waals surface area (Å²) >= 11 is 3.31. The molecule has 0 heterocycles. The van der Waals surface area contributed by atoms with Crippen LogP contribution in [0.4, 0.5) is 5.69 Å². The van der Waals surface area contributed by atoms with Crippen LogP contribution in [0.1, 0.15) is 10.4 Å². The van der Waals surface area contributed by atoms with E-state index >= 15 is 0 Å². The summed E-state index contributed by atoms with van der Waals surface area (Å²) in [5, 5.41) is 11.6. The van der Waals surface area contributed by atoms with Gasteiger partial charge in [-0.1, -0.05) is 24.3 Å². The summed E-state index contributed by atoms with van der Waals surface area (Å²) in [5.74, 6) is -0.990. The van der Waals surface area contributed by atoms with Gasteiger partial charge in [0.25, 0.3) is 5.91 Å². The monoisotopic (exact) mass is 349 g/mol. The molecule has 0 unspecified atom stereocenters. The van der Waals surface area contributed by atoms with Crippen molar-refractivity contribution in [3.8, 4) is 5.75 Å². The van der Waals surface area contributed by atoms with Crippen LogP contribution in [0.5, 0.6) is 5.75 Å². The maximum atomic E-state index is 11.8. The first-order valence-electron chi connectivity index (χ1n) is 6.07. The number of aromatic carboxylic acids is 1. The lowest BCUT2D eigenvalue weighted by atomic mass is 10.2. The Bertz CT molecular complexity index is 672. The molecule has 2 aromatic rings. The van der Waals surface area contributed by atoms with Crippen molar-refractivity contribution >= 4 is 33.5 Å². The second kappa shape index (κ2) is 6.90. The smallest absolute Gasteiger partial charge is 0.337 e. The van der Waals surface area contributed by atoms with Crippen molar-refractivity contribution in [2.45, 2.75) is 0 Å². The Labute approximate surface area is 129 Å². The summed E-state index contributed by atoms with van der Waals surface area (Å²) in [4.78, 5) is 22.9. The standard InChI is InChI=1S/C15H12BrNO4/c16-11-6-2-4-8-13(11)21-9-14(18)17-12-7-3-1-5-10(12)15(19)20/h1-8H,9H2,(H,17,18)(H,19,20). The Hall–Kier alpha value is -2.34. The highest BCUT2D eigenvalue weighted by Crippen LogP contribution is 2.23. The molecule has 6 heteroatoms. The number of carbonyl (C=O) groups excluding carboxylic acids is 1. The number of hydrogen-bond acceptors (Lipinski definition) is 3. The largest absolute Gasteiger partial charge is 0.483 e. The second-order valence-electron chi connectivity index (χ2n) is 4.12. The van der Waals surface area contributed by atoms with Gasteiger partial charge in [-0.25, -0.2) is 4.79 Å². The molecule has 0 spiro atoms. The molecule has 2 rings (SSSR count). The highest BCUT2D eigenvalue weighted by Gasteiger charge is 2.12. The van der Waals surface area contributed by atoms with Crippen molar-refractivity contribution in [2.24, 2.45) is 0 Å². The SMILES string of the molecule is O=C(COc1ccccc1Br)Nc1ccccc1C(=O)O. The highest BCUT2D eigenvalue weighted by molar-refractivity contribution is 9.10. The molecule has 2 N–H and O–H groups in total. The Morgan fingerprint density at radius 1 is 1.10 bits per heavy atom. The van der Waals surface area contributed by atoms with Gasteiger partial charge in [0.05, 0.1) is 15.7 Å². The summed E-state index contributed by atoms with van der Waals surface area (Å²) in [6, 6.07) is 13.3. The number of carboxylic acids is 1. The minimum atomic E-state index is -1.10. The average Bonchev–Trinajstić information content (AvgIpc) is 2.47. The van der Waals surface area contributed by atoms with Gasteiger partial charge in [-0.2, -0.15) is 0 Å². The van der Waals surface area contributed by atoms with Crippen LogP contribution >= 0.6 is 15.9 Å². The fourth-order valence-electron chi connectivity index (χ4n) is 1.67. The highest BCUT2D eigenvalue weighted by atomic mass is 79.9. The number of para-hydroxylation sites is 2. The number of hydrogen-bond donors (Lipinski definition) is 2. The van der Waals surface area contributed by atoms with Crippen LogP contribution < -0.4 is 10.1 Å². The molecule has 0 saturated heterocycles. The Balaban J connectivity index is 2.00. The quantitative estimate of drug-likeness (QED) is 0.869. The van der Waals surface area contributed by atoms with Gasteiger partial charge >= 0.3 is 5.97 Å². The number of amides is 1. The molecule has 21 heavy (non-hydrogen) atoms. The molecule has 0 radical (unpaired) electrons. The Morgan fingerprint density at radius 3 is 2.48 bits per heavy atom. The van der Waals surface area contributed by atoms with Gasteiger partial charge < -0.3 is 15.2 Å². The van der Waals surface area contributed by atoms with Gasteiger partial charge in [-0.05, 0) is 40.2 Å². The van der Waals surface area contributed by atoms with E-state index in [1.54, 1.807) is 30.3 Å². The van der Waals surface area contributed by atoms with Crippen LogP contribution in [0.3, 0.4) is 0 Å². The van der Waals surface area contributed by atoms with E-state index < -0.39 is 11.9 Å². The molecule has 1 amide bonds. The number of nitrogens with one attached hydrogen (secondary N) is 1.